The van der Waals surface area contributed by atoms with Crippen molar-refractivity contribution in [3.63, 3.8) is 0 Å². The molecule has 40 heavy (non-hydrogen) atoms. The van der Waals surface area contributed by atoms with Gasteiger partial charge < -0.3 is 19.3 Å². The monoisotopic (exact) mass is 630 g/mol. The molecule has 3 aromatic rings. The number of likely N-dealkylation sites (tertiary alicyclic amines) is 1. The van der Waals surface area contributed by atoms with Crippen LogP contribution in [-0.4, -0.2) is 42.3 Å². The molecule has 1 saturated heterocycles. The molecule has 1 aliphatic heterocycles. The first kappa shape index (κ1) is 29.9. The number of ether oxygens (including phenoxy) is 2. The number of carbonyl (C=O) groups is 2. The molecule has 6 nitrogen and oxygen atoms in total. The van der Waals surface area contributed by atoms with Crippen molar-refractivity contribution in [3.8, 4) is 17.2 Å². The summed E-state index contributed by atoms with van der Waals surface area (Å²) in [5.74, 6) is 0.575. The van der Waals surface area contributed by atoms with Crippen molar-refractivity contribution < 1.29 is 23.5 Å². The maximum atomic E-state index is 14.1. The van der Waals surface area contributed by atoms with Crippen LogP contribution in [0.1, 0.15) is 49.8 Å². The zero-order chi connectivity index (χ0) is 28.8. The summed E-state index contributed by atoms with van der Waals surface area (Å²) >= 11 is 9.43. The fraction of sp³-hybridized carbons (Fsp3) is 0.355. The SMILES string of the molecule is CCCCN1C(=O)CCC(C(=O)N(C)Cc2ccc(Br)cc2Oc2ccc(F)c(Cl)c2)C1c1ccccc1OC. The van der Waals surface area contributed by atoms with Crippen molar-refractivity contribution in [2.24, 2.45) is 5.92 Å². The van der Waals surface area contributed by atoms with Gasteiger partial charge in [0.2, 0.25) is 11.8 Å². The first-order valence-electron chi connectivity index (χ1n) is 13.3. The molecule has 1 fully saturated rings. The number of piperidine rings is 1. The summed E-state index contributed by atoms with van der Waals surface area (Å²) in [6, 6.07) is 16.9. The molecule has 0 N–H and O–H groups in total. The van der Waals surface area contributed by atoms with Crippen LogP contribution < -0.4 is 9.47 Å². The number of para-hydroxylation sites is 1. The molecule has 3 aromatic carbocycles. The smallest absolute Gasteiger partial charge is 0.228 e. The first-order valence-corrected chi connectivity index (χ1v) is 14.5. The van der Waals surface area contributed by atoms with Gasteiger partial charge in [-0.2, -0.15) is 0 Å². The second kappa shape index (κ2) is 13.5. The van der Waals surface area contributed by atoms with Crippen LogP contribution in [0.3, 0.4) is 0 Å². The van der Waals surface area contributed by atoms with Gasteiger partial charge in [-0.25, -0.2) is 4.39 Å². The molecule has 4 rings (SSSR count). The minimum atomic E-state index is -0.530. The van der Waals surface area contributed by atoms with Crippen molar-refractivity contribution in [2.75, 3.05) is 20.7 Å². The van der Waals surface area contributed by atoms with Crippen molar-refractivity contribution in [1.82, 2.24) is 9.80 Å². The summed E-state index contributed by atoms with van der Waals surface area (Å²) in [5, 5.41) is -0.0387. The van der Waals surface area contributed by atoms with E-state index in [1.54, 1.807) is 25.1 Å². The highest BCUT2D eigenvalue weighted by molar-refractivity contribution is 9.10. The lowest BCUT2D eigenvalue weighted by Gasteiger charge is -2.42. The van der Waals surface area contributed by atoms with E-state index in [-0.39, 0.29) is 23.4 Å². The largest absolute Gasteiger partial charge is 0.496 e. The highest BCUT2D eigenvalue weighted by Gasteiger charge is 2.42. The number of hydrogen-bond donors (Lipinski definition) is 0. The molecule has 0 aliphatic carbocycles. The van der Waals surface area contributed by atoms with E-state index in [0.717, 1.165) is 28.4 Å². The van der Waals surface area contributed by atoms with Crippen LogP contribution in [0.15, 0.2) is 65.1 Å². The van der Waals surface area contributed by atoms with E-state index < -0.39 is 17.8 Å². The van der Waals surface area contributed by atoms with Gasteiger partial charge in [-0.15, -0.1) is 0 Å². The molecule has 0 spiro atoms. The van der Waals surface area contributed by atoms with Crippen LogP contribution in [0.25, 0.3) is 0 Å². The van der Waals surface area contributed by atoms with Gasteiger partial charge in [0.1, 0.15) is 23.1 Å². The molecule has 0 aromatic heterocycles. The standard InChI is InChI=1S/C31H33BrClFN2O4/c1-4-5-16-36-29(37)15-13-24(30(36)23-8-6-7-9-27(23)39-3)31(38)35(2)19-20-10-11-21(32)17-28(20)40-22-12-14-26(34)25(33)18-22/h6-12,14,17-18,24,30H,4-5,13,15-16,19H2,1-3H3. The van der Waals surface area contributed by atoms with Crippen LogP contribution in [0.5, 0.6) is 17.2 Å². The highest BCUT2D eigenvalue weighted by Crippen LogP contribution is 2.42. The molecule has 2 amide bonds. The van der Waals surface area contributed by atoms with Crippen molar-refractivity contribution in [2.45, 2.75) is 45.2 Å². The Kier molecular flexibility index (Phi) is 10.1. The zero-order valence-corrected chi connectivity index (χ0v) is 25.2. The van der Waals surface area contributed by atoms with Crippen molar-refractivity contribution in [3.05, 3.63) is 87.1 Å². The average Bonchev–Trinajstić information content (AvgIpc) is 2.95. The van der Waals surface area contributed by atoms with E-state index in [1.165, 1.54) is 18.2 Å². The van der Waals surface area contributed by atoms with E-state index >= 15 is 0 Å². The van der Waals surface area contributed by atoms with Crippen molar-refractivity contribution >= 4 is 39.3 Å². The van der Waals surface area contributed by atoms with E-state index in [9.17, 15) is 14.0 Å². The van der Waals surface area contributed by atoms with Crippen molar-refractivity contribution in [1.29, 1.82) is 0 Å². The molecule has 2 atom stereocenters. The third-order valence-corrected chi connectivity index (χ3v) is 7.95. The van der Waals surface area contributed by atoms with Crippen LogP contribution in [0.2, 0.25) is 5.02 Å². The highest BCUT2D eigenvalue weighted by atomic mass is 79.9. The quantitative estimate of drug-likeness (QED) is 0.229. The van der Waals surface area contributed by atoms with Crippen LogP contribution in [0, 0.1) is 11.7 Å². The van der Waals surface area contributed by atoms with Crippen LogP contribution >= 0.6 is 27.5 Å². The van der Waals surface area contributed by atoms with Gasteiger partial charge in [0, 0.05) is 48.2 Å². The molecule has 0 bridgehead atoms. The predicted octanol–water partition coefficient (Wildman–Crippen LogP) is 7.78. The summed E-state index contributed by atoms with van der Waals surface area (Å²) in [4.78, 5) is 30.7. The fourth-order valence-electron chi connectivity index (χ4n) is 5.14. The topological polar surface area (TPSA) is 59.1 Å². The molecule has 1 heterocycles. The molecule has 0 radical (unpaired) electrons. The lowest BCUT2D eigenvalue weighted by molar-refractivity contribution is -0.147. The van der Waals surface area contributed by atoms with Gasteiger partial charge in [-0.1, -0.05) is 65.1 Å². The lowest BCUT2D eigenvalue weighted by Crippen LogP contribution is -2.48. The number of hydrogen-bond acceptors (Lipinski definition) is 4. The molecular formula is C31H33BrClFN2O4. The minimum absolute atomic E-state index is 0.0387. The Hall–Kier alpha value is -3.10. The summed E-state index contributed by atoms with van der Waals surface area (Å²) in [6.45, 7) is 2.94. The Morgan fingerprint density at radius 2 is 1.93 bits per heavy atom. The second-order valence-corrected chi connectivity index (χ2v) is 11.2. The number of halogens is 3. The van der Waals surface area contributed by atoms with Gasteiger partial charge in [-0.3, -0.25) is 9.59 Å². The Morgan fingerprint density at radius 3 is 2.65 bits per heavy atom. The van der Waals surface area contributed by atoms with E-state index in [2.05, 4.69) is 22.9 Å². The second-order valence-electron chi connectivity index (χ2n) is 9.90. The summed E-state index contributed by atoms with van der Waals surface area (Å²) < 4.78 is 26.2. The number of methoxy groups -OCH3 is 1. The number of amides is 2. The minimum Gasteiger partial charge on any atom is -0.496 e. The van der Waals surface area contributed by atoms with Gasteiger partial charge in [-0.05, 0) is 43.2 Å². The number of benzene rings is 3. The predicted molar refractivity (Wildman–Crippen MR) is 157 cm³/mol. The average molecular weight is 632 g/mol. The fourth-order valence-corrected chi connectivity index (χ4v) is 5.65. The summed E-state index contributed by atoms with van der Waals surface area (Å²) in [5.41, 5.74) is 1.60. The number of rotatable bonds is 10. The first-order chi connectivity index (χ1) is 19.2. The third-order valence-electron chi connectivity index (χ3n) is 7.17. The molecule has 1 aliphatic rings. The summed E-state index contributed by atoms with van der Waals surface area (Å²) in [7, 11) is 3.36. The number of unbranched alkanes of at least 4 members (excludes halogenated alkanes) is 1. The van der Waals surface area contributed by atoms with Crippen LogP contribution in [-0.2, 0) is 16.1 Å². The normalized spacial score (nSPS) is 17.1. The Labute approximate surface area is 248 Å². The third kappa shape index (κ3) is 6.78. The van der Waals surface area contributed by atoms with E-state index in [0.29, 0.717) is 36.6 Å². The Morgan fingerprint density at radius 1 is 1.15 bits per heavy atom. The van der Waals surface area contributed by atoms with Gasteiger partial charge in [0.05, 0.1) is 24.1 Å². The Balaban J connectivity index is 1.63. The zero-order valence-electron chi connectivity index (χ0n) is 22.8. The number of carbonyl (C=O) groups excluding carboxylic acids is 2. The molecule has 212 valence electrons. The van der Waals surface area contributed by atoms with Crippen LogP contribution in [0.4, 0.5) is 4.39 Å². The molecule has 2 unspecified atom stereocenters. The molecule has 0 saturated carbocycles. The summed E-state index contributed by atoms with van der Waals surface area (Å²) in [6.07, 6.45) is 2.55. The molecular weight excluding hydrogens is 599 g/mol. The van der Waals surface area contributed by atoms with Gasteiger partial charge in [0.15, 0.2) is 0 Å². The molecule has 9 heteroatoms. The van der Waals surface area contributed by atoms with E-state index in [4.69, 9.17) is 21.1 Å². The van der Waals surface area contributed by atoms with Gasteiger partial charge in [0.25, 0.3) is 0 Å². The van der Waals surface area contributed by atoms with Gasteiger partial charge >= 0.3 is 0 Å². The Bertz CT molecular complexity index is 1370. The maximum absolute atomic E-state index is 14.1. The maximum Gasteiger partial charge on any atom is 0.228 e. The van der Waals surface area contributed by atoms with E-state index in [1.807, 2.05) is 41.3 Å². The lowest BCUT2D eigenvalue weighted by atomic mass is 9.82. The number of nitrogens with zero attached hydrogens (tertiary/aromatic N) is 2.